The zero-order valence-electron chi connectivity index (χ0n) is 24.5. The first kappa shape index (κ1) is 42.4. The van der Waals surface area contributed by atoms with Gasteiger partial charge in [0.1, 0.15) is 11.1 Å². The molecule has 10 nitrogen and oxygen atoms in total. The molecule has 0 atom stereocenters. The van der Waals surface area contributed by atoms with Gasteiger partial charge in [-0.25, -0.2) is 19.2 Å². The molecule has 0 unspecified atom stereocenters. The number of esters is 4. The van der Waals surface area contributed by atoms with Gasteiger partial charge in [-0.3, -0.25) is 0 Å². The topological polar surface area (TPSA) is 146 Å². The van der Waals surface area contributed by atoms with Gasteiger partial charge in [0.2, 0.25) is 0 Å². The molecule has 0 aromatic rings. The monoisotopic (exact) mass is 548 g/mol. The van der Waals surface area contributed by atoms with E-state index >= 15 is 0 Å². The quantitative estimate of drug-likeness (QED) is 0.0708. The highest BCUT2D eigenvalue weighted by atomic mass is 16.6. The zero-order valence-corrected chi connectivity index (χ0v) is 24.5. The Labute approximate surface area is 229 Å². The molecular weight excluding hydrogens is 496 g/mol. The number of carbonyl (C=O) groups is 4. The first-order chi connectivity index (χ1) is 18.1. The number of ether oxygens (including phenoxy) is 4. The largest absolute Gasteiger partial charge is 0.462 e. The number of unbranched alkanes of at least 4 members (excludes halogenated alkanes) is 6. The Kier molecular flexibility index (Phi) is 38.2. The molecule has 0 saturated carbocycles. The minimum Gasteiger partial charge on any atom is -0.462 e. The minimum atomic E-state index is -0.726. The van der Waals surface area contributed by atoms with Crippen LogP contribution in [0.15, 0.2) is 24.3 Å². The van der Waals surface area contributed by atoms with Crippen LogP contribution in [0.1, 0.15) is 92.9 Å². The van der Waals surface area contributed by atoms with Crippen molar-refractivity contribution in [2.24, 2.45) is 0 Å². The van der Waals surface area contributed by atoms with Gasteiger partial charge in [0.05, 0.1) is 26.4 Å². The van der Waals surface area contributed by atoms with Gasteiger partial charge in [-0.05, 0) is 40.5 Å². The number of hydrogen-bond acceptors (Lipinski definition) is 10. The third kappa shape index (κ3) is 31.3. The van der Waals surface area contributed by atoms with Gasteiger partial charge in [-0.2, -0.15) is 0 Å². The summed E-state index contributed by atoms with van der Waals surface area (Å²) < 4.78 is 18.6. The summed E-state index contributed by atoms with van der Waals surface area (Å²) in [5, 5.41) is 15.9. The summed E-state index contributed by atoms with van der Waals surface area (Å²) in [6.07, 6.45) is 8.77. The summed E-state index contributed by atoms with van der Waals surface area (Å²) in [5.74, 6) is -2.84. The van der Waals surface area contributed by atoms with Crippen LogP contribution < -0.4 is 0 Å². The van der Waals surface area contributed by atoms with Crippen LogP contribution in [0.2, 0.25) is 0 Å². The minimum absolute atomic E-state index is 0.220. The van der Waals surface area contributed by atoms with Gasteiger partial charge in [-0.15, -0.1) is 0 Å². The van der Waals surface area contributed by atoms with Crippen LogP contribution in [0.5, 0.6) is 0 Å². The predicted octanol–water partition coefficient (Wildman–Crippen LogP) is 4.46. The van der Waals surface area contributed by atoms with Crippen LogP contribution in [-0.2, 0) is 38.1 Å². The highest BCUT2D eigenvalue weighted by Gasteiger charge is 2.18. The van der Waals surface area contributed by atoms with Crippen molar-refractivity contribution in [1.29, 1.82) is 0 Å². The average Bonchev–Trinajstić information content (AvgIpc) is 2.89. The van der Waals surface area contributed by atoms with Crippen LogP contribution >= 0.6 is 0 Å². The Hall–Kier alpha value is -2.72. The van der Waals surface area contributed by atoms with E-state index in [-0.39, 0.29) is 37.6 Å². The van der Waals surface area contributed by atoms with E-state index in [4.69, 9.17) is 14.9 Å². The summed E-state index contributed by atoms with van der Waals surface area (Å²) in [4.78, 5) is 44.0. The number of rotatable bonds is 16. The van der Waals surface area contributed by atoms with Crippen molar-refractivity contribution in [3.63, 3.8) is 0 Å². The second-order valence-electron chi connectivity index (χ2n) is 7.42. The van der Waals surface area contributed by atoms with Crippen molar-refractivity contribution < 1.29 is 48.3 Å². The lowest BCUT2D eigenvalue weighted by Crippen LogP contribution is -2.17. The number of aliphatic hydroxyl groups is 2. The average molecular weight is 549 g/mol. The van der Waals surface area contributed by atoms with Gasteiger partial charge in [0, 0.05) is 13.2 Å². The second-order valence-corrected chi connectivity index (χ2v) is 7.42. The highest BCUT2D eigenvalue weighted by molar-refractivity contribution is 6.13. The molecule has 0 aliphatic rings. The first-order valence-electron chi connectivity index (χ1n) is 13.4. The van der Waals surface area contributed by atoms with E-state index in [2.05, 4.69) is 41.2 Å². The fourth-order valence-electron chi connectivity index (χ4n) is 2.14. The van der Waals surface area contributed by atoms with Gasteiger partial charge < -0.3 is 29.2 Å². The maximum atomic E-state index is 11.3. The molecule has 10 heteroatoms. The van der Waals surface area contributed by atoms with Crippen LogP contribution in [-0.4, -0.2) is 73.7 Å². The number of hydrogen-bond donors (Lipinski definition) is 2. The van der Waals surface area contributed by atoms with Gasteiger partial charge >= 0.3 is 23.9 Å². The van der Waals surface area contributed by atoms with E-state index in [1.165, 1.54) is 19.3 Å². The summed E-state index contributed by atoms with van der Waals surface area (Å²) in [6, 6.07) is 0. The Morgan fingerprint density at radius 2 is 0.842 bits per heavy atom. The molecule has 2 N–H and O–H groups in total. The van der Waals surface area contributed by atoms with Crippen molar-refractivity contribution in [1.82, 2.24) is 0 Å². The van der Waals surface area contributed by atoms with Crippen molar-refractivity contribution in [2.45, 2.75) is 92.9 Å². The molecule has 0 spiro atoms. The lowest BCUT2D eigenvalue weighted by atomic mass is 10.2. The fourth-order valence-corrected chi connectivity index (χ4v) is 2.14. The highest BCUT2D eigenvalue weighted by Crippen LogP contribution is 2.03. The molecule has 0 saturated heterocycles. The first-order valence-corrected chi connectivity index (χ1v) is 13.4. The smallest absolute Gasteiger partial charge is 0.344 e. The Morgan fingerprint density at radius 1 is 0.526 bits per heavy atom. The van der Waals surface area contributed by atoms with Crippen molar-refractivity contribution in [2.75, 3.05) is 39.6 Å². The lowest BCUT2D eigenvalue weighted by molar-refractivity contribution is -0.148. The maximum absolute atomic E-state index is 11.3. The molecule has 0 aliphatic heterocycles. The maximum Gasteiger partial charge on any atom is 0.344 e. The van der Waals surface area contributed by atoms with Crippen LogP contribution in [0.3, 0.4) is 0 Å². The molecule has 0 bridgehead atoms. The lowest BCUT2D eigenvalue weighted by Gasteiger charge is -2.06. The summed E-state index contributed by atoms with van der Waals surface area (Å²) in [6.45, 7) is 19.1. The molecular formula is C28H52O10. The van der Waals surface area contributed by atoms with E-state index in [0.717, 1.165) is 32.1 Å². The molecule has 0 aliphatic carbocycles. The molecule has 38 heavy (non-hydrogen) atoms. The van der Waals surface area contributed by atoms with E-state index in [1.807, 2.05) is 0 Å². The van der Waals surface area contributed by atoms with E-state index in [1.54, 1.807) is 27.7 Å². The van der Waals surface area contributed by atoms with Crippen molar-refractivity contribution in [3.8, 4) is 0 Å². The van der Waals surface area contributed by atoms with E-state index in [0.29, 0.717) is 13.2 Å². The molecule has 224 valence electrons. The molecule has 0 aromatic heterocycles. The van der Waals surface area contributed by atoms with Crippen LogP contribution in [0.4, 0.5) is 0 Å². The summed E-state index contributed by atoms with van der Waals surface area (Å²) in [7, 11) is 0. The van der Waals surface area contributed by atoms with Gasteiger partial charge in [0.15, 0.2) is 0 Å². The Morgan fingerprint density at radius 3 is 1.13 bits per heavy atom. The van der Waals surface area contributed by atoms with Crippen molar-refractivity contribution >= 4 is 23.9 Å². The fraction of sp³-hybridized carbons (Fsp3) is 0.714. The normalized spacial score (nSPS) is 9.05. The van der Waals surface area contributed by atoms with Gasteiger partial charge in [0.25, 0.3) is 0 Å². The van der Waals surface area contributed by atoms with Crippen LogP contribution in [0, 0.1) is 0 Å². The summed E-state index contributed by atoms with van der Waals surface area (Å²) >= 11 is 0. The second kappa shape index (κ2) is 34.3. The molecule has 0 amide bonds. The van der Waals surface area contributed by atoms with Crippen molar-refractivity contribution in [3.05, 3.63) is 24.3 Å². The molecule has 0 heterocycles. The Bertz CT molecular complexity index is 605. The SMILES string of the molecule is C=C(C(=O)OCC)C(=O)OCC.C=C(C(=O)OCC)C(=O)OCCCCCC.CCCCCCO.CCO. The third-order valence-corrected chi connectivity index (χ3v) is 4.05. The molecule has 0 aromatic carbocycles. The molecule has 0 radical (unpaired) electrons. The van der Waals surface area contributed by atoms with E-state index < -0.39 is 23.9 Å². The Balaban J connectivity index is -0.000000230. The summed E-state index contributed by atoms with van der Waals surface area (Å²) in [5.41, 5.74) is -0.504. The number of carbonyl (C=O) groups excluding carboxylic acids is 4. The van der Waals surface area contributed by atoms with Crippen LogP contribution in [0.25, 0.3) is 0 Å². The number of aliphatic hydroxyl groups excluding tert-OH is 2. The van der Waals surface area contributed by atoms with E-state index in [9.17, 15) is 19.2 Å². The predicted molar refractivity (Wildman–Crippen MR) is 147 cm³/mol. The standard InChI is InChI=1S/C12H20O4.C8H12O4.C6H14O.C2H6O/c1-4-6-7-8-9-16-12(14)10(3)11(13)15-5-2;1-4-11-7(9)6(3)8(10)12-5-2;1-2-3-4-5-6-7;1-2-3/h3-9H2,1-2H3;3-5H2,1-2H3;7H,2-6H2,1H3;3H,2H2,1H3. The third-order valence-electron chi connectivity index (χ3n) is 4.05. The van der Waals surface area contributed by atoms with Gasteiger partial charge in [-0.1, -0.05) is 65.5 Å². The zero-order chi connectivity index (χ0) is 30.2. The molecule has 0 fully saturated rings. The molecule has 0 rings (SSSR count).